The molecule has 0 saturated heterocycles. The van der Waals surface area contributed by atoms with Gasteiger partial charge in [0.15, 0.2) is 17.3 Å². The quantitative estimate of drug-likeness (QED) is 0.184. The van der Waals surface area contributed by atoms with Crippen molar-refractivity contribution in [3.8, 4) is 11.5 Å². The number of hydrogen-bond acceptors (Lipinski definition) is 5. The summed E-state index contributed by atoms with van der Waals surface area (Å²) in [6.45, 7) is 0. The monoisotopic (exact) mass is 279 g/mol. The van der Waals surface area contributed by atoms with E-state index in [9.17, 15) is 15.0 Å². The number of hydrogen-bond donors (Lipinski definition) is 5. The van der Waals surface area contributed by atoms with Crippen molar-refractivity contribution >= 4 is 11.7 Å². The van der Waals surface area contributed by atoms with Gasteiger partial charge >= 0.3 is 0 Å². The average Bonchev–Trinajstić information content (AvgIpc) is 2.90. The van der Waals surface area contributed by atoms with Gasteiger partial charge in [0.1, 0.15) is 5.54 Å². The number of benzene rings is 1. The number of para-hydroxylation sites is 1. The van der Waals surface area contributed by atoms with E-state index in [1.54, 1.807) is 0 Å². The Morgan fingerprint density at radius 3 is 2.55 bits per heavy atom. The molecule has 0 radical (unpaired) electrons. The van der Waals surface area contributed by atoms with Crippen LogP contribution < -0.4 is 11.1 Å². The molecule has 1 aromatic carbocycles. The average molecular weight is 279 g/mol. The Bertz CT molecular complexity index is 551. The van der Waals surface area contributed by atoms with Crippen molar-refractivity contribution in [3.63, 3.8) is 0 Å². The fourth-order valence-corrected chi connectivity index (χ4v) is 2.52. The molecule has 7 nitrogen and oxygen atoms in total. The molecule has 1 aliphatic carbocycles. The molecule has 1 saturated carbocycles. The van der Waals surface area contributed by atoms with Crippen molar-refractivity contribution < 1.29 is 20.2 Å². The van der Waals surface area contributed by atoms with Gasteiger partial charge in [-0.05, 0) is 25.0 Å². The van der Waals surface area contributed by atoms with E-state index in [0.29, 0.717) is 12.8 Å². The molecule has 0 aromatic heterocycles. The highest BCUT2D eigenvalue weighted by Crippen LogP contribution is 2.32. The van der Waals surface area contributed by atoms with Crippen molar-refractivity contribution in [3.05, 3.63) is 23.8 Å². The summed E-state index contributed by atoms with van der Waals surface area (Å²) < 4.78 is 0. The molecule has 1 aromatic rings. The fraction of sp³-hybridized carbons (Fsp3) is 0.385. The number of aromatic hydroxyl groups is 2. The standard InChI is InChI=1S/C13H17N3O4/c14-12(16-20)13(6-1-2-7-13)15-11(19)8-4-3-5-9(17)10(8)18/h3-5,17-18,20H,1-2,6-7H2,(H2,14,16)(H,15,19). The Morgan fingerprint density at radius 1 is 1.30 bits per heavy atom. The van der Waals surface area contributed by atoms with Crippen molar-refractivity contribution in [1.82, 2.24) is 5.32 Å². The van der Waals surface area contributed by atoms with Crippen molar-refractivity contribution in [2.24, 2.45) is 10.9 Å². The number of rotatable bonds is 3. The Hall–Kier alpha value is -2.44. The highest BCUT2D eigenvalue weighted by Gasteiger charge is 2.40. The minimum Gasteiger partial charge on any atom is -0.504 e. The number of phenolic OH excluding ortho intramolecular Hbond substituents is 2. The zero-order valence-corrected chi connectivity index (χ0v) is 10.8. The molecule has 0 aliphatic heterocycles. The second-order valence-electron chi connectivity index (χ2n) is 4.90. The molecule has 0 unspecified atom stereocenters. The third-order valence-corrected chi connectivity index (χ3v) is 3.67. The van der Waals surface area contributed by atoms with E-state index in [2.05, 4.69) is 10.5 Å². The molecular weight excluding hydrogens is 262 g/mol. The summed E-state index contributed by atoms with van der Waals surface area (Å²) in [7, 11) is 0. The van der Waals surface area contributed by atoms with Gasteiger partial charge in [-0.15, -0.1) is 0 Å². The van der Waals surface area contributed by atoms with Gasteiger partial charge in [-0.25, -0.2) is 0 Å². The van der Waals surface area contributed by atoms with Gasteiger partial charge in [0.2, 0.25) is 0 Å². The first-order valence-electron chi connectivity index (χ1n) is 6.31. The maximum absolute atomic E-state index is 12.2. The fourth-order valence-electron chi connectivity index (χ4n) is 2.52. The lowest BCUT2D eigenvalue weighted by Gasteiger charge is -2.28. The summed E-state index contributed by atoms with van der Waals surface area (Å²) in [5, 5.41) is 33.7. The Kier molecular flexibility index (Phi) is 3.69. The van der Waals surface area contributed by atoms with Crippen LogP contribution in [0.25, 0.3) is 0 Å². The van der Waals surface area contributed by atoms with Crippen LogP contribution in [-0.4, -0.2) is 32.7 Å². The summed E-state index contributed by atoms with van der Waals surface area (Å²) in [6, 6.07) is 4.12. The molecule has 1 fully saturated rings. The number of nitrogens with one attached hydrogen (secondary N) is 1. The SMILES string of the molecule is N/C(=N/O)C1(NC(=O)c2cccc(O)c2O)CCCC1. The highest BCUT2D eigenvalue weighted by molar-refractivity contribution is 6.02. The van der Waals surface area contributed by atoms with E-state index in [1.165, 1.54) is 18.2 Å². The van der Waals surface area contributed by atoms with Crippen LogP contribution >= 0.6 is 0 Å². The third-order valence-electron chi connectivity index (χ3n) is 3.67. The second-order valence-corrected chi connectivity index (χ2v) is 4.90. The maximum atomic E-state index is 12.2. The molecule has 0 spiro atoms. The van der Waals surface area contributed by atoms with Crippen LogP contribution in [0.5, 0.6) is 11.5 Å². The van der Waals surface area contributed by atoms with E-state index < -0.39 is 17.2 Å². The zero-order valence-electron chi connectivity index (χ0n) is 10.8. The first-order valence-corrected chi connectivity index (χ1v) is 6.31. The third kappa shape index (κ3) is 2.34. The summed E-state index contributed by atoms with van der Waals surface area (Å²) in [5.74, 6) is -1.49. The van der Waals surface area contributed by atoms with Crippen molar-refractivity contribution in [2.75, 3.05) is 0 Å². The minimum atomic E-state index is -0.899. The maximum Gasteiger partial charge on any atom is 0.255 e. The topological polar surface area (TPSA) is 128 Å². The van der Waals surface area contributed by atoms with E-state index in [4.69, 9.17) is 10.9 Å². The molecule has 7 heteroatoms. The van der Waals surface area contributed by atoms with Crippen LogP contribution in [0.4, 0.5) is 0 Å². The number of carbonyl (C=O) groups excluding carboxylic acids is 1. The van der Waals surface area contributed by atoms with Gasteiger partial charge in [-0.2, -0.15) is 0 Å². The molecule has 20 heavy (non-hydrogen) atoms. The number of nitrogens with two attached hydrogens (primary N) is 1. The largest absolute Gasteiger partial charge is 0.504 e. The number of phenols is 2. The minimum absolute atomic E-state index is 0.0528. The van der Waals surface area contributed by atoms with Gasteiger partial charge in [-0.3, -0.25) is 4.79 Å². The van der Waals surface area contributed by atoms with Crippen LogP contribution in [0.2, 0.25) is 0 Å². The summed E-state index contributed by atoms with van der Waals surface area (Å²) >= 11 is 0. The molecular formula is C13H17N3O4. The zero-order chi connectivity index (χ0) is 14.8. The number of amidine groups is 1. The van der Waals surface area contributed by atoms with Gasteiger partial charge < -0.3 is 26.5 Å². The summed E-state index contributed by atoms with van der Waals surface area (Å²) in [4.78, 5) is 12.2. The van der Waals surface area contributed by atoms with E-state index in [1.807, 2.05) is 0 Å². The van der Waals surface area contributed by atoms with Crippen LogP contribution in [0, 0.1) is 0 Å². The van der Waals surface area contributed by atoms with Crippen LogP contribution in [0.15, 0.2) is 23.4 Å². The van der Waals surface area contributed by atoms with Crippen LogP contribution in [0.1, 0.15) is 36.0 Å². The highest BCUT2D eigenvalue weighted by atomic mass is 16.4. The predicted octanol–water partition coefficient (Wildman–Crippen LogP) is 0.887. The van der Waals surface area contributed by atoms with E-state index in [-0.39, 0.29) is 17.1 Å². The Labute approximate surface area is 115 Å². The number of nitrogens with zero attached hydrogens (tertiary/aromatic N) is 1. The number of oxime groups is 1. The molecule has 108 valence electrons. The van der Waals surface area contributed by atoms with Gasteiger partial charge in [0, 0.05) is 0 Å². The molecule has 1 amide bonds. The molecule has 6 N–H and O–H groups in total. The normalized spacial score (nSPS) is 17.9. The predicted molar refractivity (Wildman–Crippen MR) is 71.8 cm³/mol. The first-order chi connectivity index (χ1) is 9.50. The van der Waals surface area contributed by atoms with Gasteiger partial charge in [0.05, 0.1) is 5.56 Å². The Balaban J connectivity index is 2.28. The van der Waals surface area contributed by atoms with Gasteiger partial charge in [-0.1, -0.05) is 24.1 Å². The molecule has 2 rings (SSSR count). The molecule has 0 bridgehead atoms. The lowest BCUT2D eigenvalue weighted by molar-refractivity contribution is 0.0919. The molecule has 0 heterocycles. The lowest BCUT2D eigenvalue weighted by atomic mass is 9.95. The van der Waals surface area contributed by atoms with Crippen LogP contribution in [0.3, 0.4) is 0 Å². The number of amides is 1. The molecule has 1 aliphatic rings. The Morgan fingerprint density at radius 2 is 1.95 bits per heavy atom. The second kappa shape index (κ2) is 5.28. The molecule has 0 atom stereocenters. The van der Waals surface area contributed by atoms with E-state index in [0.717, 1.165) is 12.8 Å². The lowest BCUT2D eigenvalue weighted by Crippen LogP contribution is -2.55. The number of carbonyl (C=O) groups is 1. The summed E-state index contributed by atoms with van der Waals surface area (Å²) in [6.07, 6.45) is 2.83. The van der Waals surface area contributed by atoms with Gasteiger partial charge in [0.25, 0.3) is 5.91 Å². The van der Waals surface area contributed by atoms with E-state index >= 15 is 0 Å². The van der Waals surface area contributed by atoms with Crippen molar-refractivity contribution in [1.29, 1.82) is 0 Å². The van der Waals surface area contributed by atoms with Crippen molar-refractivity contribution in [2.45, 2.75) is 31.2 Å². The smallest absolute Gasteiger partial charge is 0.255 e. The first kappa shape index (κ1) is 14.0. The summed E-state index contributed by atoms with van der Waals surface area (Å²) in [5.41, 5.74) is 4.73. The van der Waals surface area contributed by atoms with Crippen LogP contribution in [-0.2, 0) is 0 Å².